The van der Waals surface area contributed by atoms with Crippen molar-refractivity contribution in [2.24, 2.45) is 12.8 Å². The molecular weight excluding hydrogens is 228 g/mol. The number of primary amides is 1. The highest BCUT2D eigenvalue weighted by atomic mass is 32.2. The first-order valence-corrected chi connectivity index (χ1v) is 6.06. The number of carbonyl (C=O) groups excluding carboxylic acids is 1. The molecule has 1 amide bonds. The van der Waals surface area contributed by atoms with Crippen molar-refractivity contribution in [1.29, 1.82) is 0 Å². The number of hydrogen-bond acceptors (Lipinski definition) is 6. The SMILES string of the molecule is Cn1nnnc1SCC(NC1CC1)C(N)=O. The number of hydrogen-bond donors (Lipinski definition) is 2. The van der Waals surface area contributed by atoms with Crippen LogP contribution in [-0.2, 0) is 11.8 Å². The van der Waals surface area contributed by atoms with Gasteiger partial charge in [0.15, 0.2) is 0 Å². The Labute approximate surface area is 97.1 Å². The number of aryl methyl sites for hydroxylation is 1. The van der Waals surface area contributed by atoms with Crippen LogP contribution in [0.1, 0.15) is 12.8 Å². The number of carbonyl (C=O) groups is 1. The van der Waals surface area contributed by atoms with Gasteiger partial charge in [0.2, 0.25) is 11.1 Å². The number of nitrogens with one attached hydrogen (secondary N) is 1. The predicted octanol–water partition coefficient (Wildman–Crippen LogP) is -1.09. The molecule has 0 spiro atoms. The van der Waals surface area contributed by atoms with Crippen molar-refractivity contribution in [1.82, 2.24) is 25.5 Å². The van der Waals surface area contributed by atoms with Gasteiger partial charge in [-0.3, -0.25) is 4.79 Å². The van der Waals surface area contributed by atoms with Crippen molar-refractivity contribution in [2.45, 2.75) is 30.1 Å². The fourth-order valence-corrected chi connectivity index (χ4v) is 2.14. The van der Waals surface area contributed by atoms with E-state index in [4.69, 9.17) is 5.73 Å². The minimum Gasteiger partial charge on any atom is -0.368 e. The molecule has 0 saturated heterocycles. The molecule has 7 nitrogen and oxygen atoms in total. The Hall–Kier alpha value is -1.15. The van der Waals surface area contributed by atoms with Gasteiger partial charge in [0.1, 0.15) is 0 Å². The lowest BCUT2D eigenvalue weighted by atomic mass is 10.3. The highest BCUT2D eigenvalue weighted by molar-refractivity contribution is 7.99. The summed E-state index contributed by atoms with van der Waals surface area (Å²) >= 11 is 1.42. The summed E-state index contributed by atoms with van der Waals surface area (Å²) in [5.74, 6) is 0.231. The second kappa shape index (κ2) is 4.79. The largest absolute Gasteiger partial charge is 0.368 e. The summed E-state index contributed by atoms with van der Waals surface area (Å²) in [6.07, 6.45) is 2.25. The zero-order valence-corrected chi connectivity index (χ0v) is 9.78. The third kappa shape index (κ3) is 2.92. The lowest BCUT2D eigenvalue weighted by Crippen LogP contribution is -2.44. The first-order valence-electron chi connectivity index (χ1n) is 5.07. The second-order valence-electron chi connectivity index (χ2n) is 3.79. The van der Waals surface area contributed by atoms with Crippen molar-refractivity contribution in [3.8, 4) is 0 Å². The Balaban J connectivity index is 1.85. The Bertz CT molecular complexity index is 376. The molecular formula is C8H14N6OS. The van der Waals surface area contributed by atoms with Crippen LogP contribution in [0.3, 0.4) is 0 Å². The minimum atomic E-state index is -0.325. The molecule has 16 heavy (non-hydrogen) atoms. The lowest BCUT2D eigenvalue weighted by molar-refractivity contribution is -0.119. The molecule has 88 valence electrons. The van der Waals surface area contributed by atoms with E-state index >= 15 is 0 Å². The van der Waals surface area contributed by atoms with E-state index in [1.165, 1.54) is 11.8 Å². The Morgan fingerprint density at radius 1 is 1.75 bits per heavy atom. The monoisotopic (exact) mass is 242 g/mol. The van der Waals surface area contributed by atoms with Gasteiger partial charge >= 0.3 is 0 Å². The van der Waals surface area contributed by atoms with Crippen molar-refractivity contribution >= 4 is 17.7 Å². The van der Waals surface area contributed by atoms with Gasteiger partial charge in [0.25, 0.3) is 0 Å². The quantitative estimate of drug-likeness (QED) is 0.615. The summed E-state index contributed by atoms with van der Waals surface area (Å²) in [6.45, 7) is 0. The summed E-state index contributed by atoms with van der Waals surface area (Å²) in [6, 6.07) is 0.143. The maximum Gasteiger partial charge on any atom is 0.235 e. The van der Waals surface area contributed by atoms with Crippen LogP contribution in [0, 0.1) is 0 Å². The fourth-order valence-electron chi connectivity index (χ4n) is 1.25. The number of rotatable bonds is 6. The van der Waals surface area contributed by atoms with Crippen LogP contribution < -0.4 is 11.1 Å². The molecule has 1 aliphatic rings. The highest BCUT2D eigenvalue weighted by Gasteiger charge is 2.27. The molecule has 1 unspecified atom stereocenters. The molecule has 8 heteroatoms. The molecule has 1 atom stereocenters. The zero-order chi connectivity index (χ0) is 11.5. The molecule has 2 rings (SSSR count). The summed E-state index contributed by atoms with van der Waals surface area (Å²) in [5.41, 5.74) is 5.32. The molecule has 3 N–H and O–H groups in total. The van der Waals surface area contributed by atoms with Gasteiger partial charge in [-0.2, -0.15) is 0 Å². The molecule has 1 saturated carbocycles. The number of tetrazole rings is 1. The molecule has 0 bridgehead atoms. The maximum atomic E-state index is 11.2. The van der Waals surface area contributed by atoms with Crippen LogP contribution >= 0.6 is 11.8 Å². The fraction of sp³-hybridized carbons (Fsp3) is 0.750. The van der Waals surface area contributed by atoms with Crippen LogP contribution in [0.5, 0.6) is 0 Å². The predicted molar refractivity (Wildman–Crippen MR) is 58.7 cm³/mol. The van der Waals surface area contributed by atoms with Gasteiger partial charge < -0.3 is 11.1 Å². The highest BCUT2D eigenvalue weighted by Crippen LogP contribution is 2.21. The molecule has 1 fully saturated rings. The molecule has 0 radical (unpaired) electrons. The number of nitrogens with two attached hydrogens (primary N) is 1. The number of amides is 1. The summed E-state index contributed by atoms with van der Waals surface area (Å²) in [5, 5.41) is 14.9. The number of thioether (sulfide) groups is 1. The van der Waals surface area contributed by atoms with Gasteiger partial charge in [-0.25, -0.2) is 4.68 Å². The second-order valence-corrected chi connectivity index (χ2v) is 4.78. The smallest absolute Gasteiger partial charge is 0.235 e. The average molecular weight is 242 g/mol. The van der Waals surface area contributed by atoms with Crippen LogP contribution in [0.25, 0.3) is 0 Å². The van der Waals surface area contributed by atoms with E-state index in [-0.39, 0.29) is 11.9 Å². The van der Waals surface area contributed by atoms with Gasteiger partial charge in [0, 0.05) is 18.8 Å². The molecule has 0 aromatic carbocycles. The van der Waals surface area contributed by atoms with Crippen molar-refractivity contribution < 1.29 is 4.79 Å². The van der Waals surface area contributed by atoms with Gasteiger partial charge in [-0.1, -0.05) is 11.8 Å². The number of aromatic nitrogens is 4. The Morgan fingerprint density at radius 2 is 2.50 bits per heavy atom. The van der Waals surface area contributed by atoms with E-state index in [1.807, 2.05) is 0 Å². The van der Waals surface area contributed by atoms with Gasteiger partial charge in [0.05, 0.1) is 6.04 Å². The number of nitrogens with zero attached hydrogens (tertiary/aromatic N) is 4. The summed E-state index contributed by atoms with van der Waals surface area (Å²) in [4.78, 5) is 11.2. The molecule has 1 aliphatic carbocycles. The molecule has 1 aromatic rings. The maximum absolute atomic E-state index is 11.2. The third-order valence-corrected chi connectivity index (χ3v) is 3.42. The van der Waals surface area contributed by atoms with Crippen molar-refractivity contribution in [3.63, 3.8) is 0 Å². The third-order valence-electron chi connectivity index (χ3n) is 2.32. The van der Waals surface area contributed by atoms with E-state index in [2.05, 4.69) is 20.8 Å². The molecule has 1 heterocycles. The van der Waals surface area contributed by atoms with E-state index in [0.29, 0.717) is 17.0 Å². The first kappa shape index (κ1) is 11.3. The molecule has 0 aliphatic heterocycles. The first-order chi connectivity index (χ1) is 7.66. The van der Waals surface area contributed by atoms with Gasteiger partial charge in [-0.05, 0) is 23.3 Å². The van der Waals surface area contributed by atoms with Gasteiger partial charge in [-0.15, -0.1) is 5.10 Å². The Kier molecular flexibility index (Phi) is 3.39. The van der Waals surface area contributed by atoms with Crippen LogP contribution in [-0.4, -0.2) is 44.0 Å². The van der Waals surface area contributed by atoms with Crippen LogP contribution in [0.15, 0.2) is 5.16 Å². The minimum absolute atomic E-state index is 0.311. The van der Waals surface area contributed by atoms with E-state index in [9.17, 15) is 4.79 Å². The van der Waals surface area contributed by atoms with Crippen LogP contribution in [0.4, 0.5) is 0 Å². The Morgan fingerprint density at radius 3 is 3.00 bits per heavy atom. The van der Waals surface area contributed by atoms with E-state index in [1.54, 1.807) is 11.7 Å². The topological polar surface area (TPSA) is 98.7 Å². The van der Waals surface area contributed by atoms with Crippen molar-refractivity contribution in [3.05, 3.63) is 0 Å². The summed E-state index contributed by atoms with van der Waals surface area (Å²) in [7, 11) is 1.76. The van der Waals surface area contributed by atoms with E-state index < -0.39 is 0 Å². The normalized spacial score (nSPS) is 17.3. The molecule has 1 aromatic heterocycles. The average Bonchev–Trinajstić information content (AvgIpc) is 2.96. The lowest BCUT2D eigenvalue weighted by Gasteiger charge is -2.13. The standard InChI is InChI=1S/C8H14N6OS/c1-14-8(11-12-13-14)16-4-6(7(9)15)10-5-2-3-5/h5-6,10H,2-4H2,1H3,(H2,9,15). The van der Waals surface area contributed by atoms with Crippen LogP contribution in [0.2, 0.25) is 0 Å². The zero-order valence-electron chi connectivity index (χ0n) is 8.96. The summed E-state index contributed by atoms with van der Waals surface area (Å²) < 4.78 is 1.57. The van der Waals surface area contributed by atoms with Crippen molar-refractivity contribution in [2.75, 3.05) is 5.75 Å². The van der Waals surface area contributed by atoms with E-state index in [0.717, 1.165) is 12.8 Å².